The molecule has 1 heterocycles. The van der Waals surface area contributed by atoms with Crippen LogP contribution in [0, 0.1) is 0 Å². The Balaban J connectivity index is 1.73. The highest BCUT2D eigenvalue weighted by molar-refractivity contribution is 9.10. The average Bonchev–Trinajstić information content (AvgIpc) is 2.97. The van der Waals surface area contributed by atoms with Gasteiger partial charge in [0, 0.05) is 17.6 Å². The summed E-state index contributed by atoms with van der Waals surface area (Å²) in [6.07, 6.45) is 1.90. The zero-order valence-electron chi connectivity index (χ0n) is 15.6. The van der Waals surface area contributed by atoms with E-state index in [9.17, 15) is 4.79 Å². The number of amides is 1. The minimum absolute atomic E-state index is 0.00591. The fourth-order valence-corrected chi connectivity index (χ4v) is 4.54. The van der Waals surface area contributed by atoms with Crippen molar-refractivity contribution in [3.8, 4) is 5.75 Å². The summed E-state index contributed by atoms with van der Waals surface area (Å²) in [5.74, 6) is 0.769. The van der Waals surface area contributed by atoms with Gasteiger partial charge in [-0.15, -0.1) is 0 Å². The van der Waals surface area contributed by atoms with Crippen molar-refractivity contribution in [1.29, 1.82) is 0 Å². The molecule has 0 unspecified atom stereocenters. The number of amidine groups is 1. The predicted molar refractivity (Wildman–Crippen MR) is 124 cm³/mol. The second-order valence-corrected chi connectivity index (χ2v) is 8.80. The first-order valence-corrected chi connectivity index (χ1v) is 11.3. The van der Waals surface area contributed by atoms with E-state index in [1.165, 1.54) is 11.8 Å². The van der Waals surface area contributed by atoms with Crippen molar-refractivity contribution >= 4 is 60.8 Å². The topological polar surface area (TPSA) is 41.9 Å². The quantitative estimate of drug-likeness (QED) is 0.429. The molecule has 7 heteroatoms. The van der Waals surface area contributed by atoms with E-state index in [0.717, 1.165) is 31.0 Å². The number of ether oxygens (including phenoxy) is 1. The summed E-state index contributed by atoms with van der Waals surface area (Å²) in [5, 5.41) is 0.773. The minimum atomic E-state index is 0.00591. The summed E-state index contributed by atoms with van der Waals surface area (Å²) in [6, 6.07) is 13.9. The van der Waals surface area contributed by atoms with Crippen molar-refractivity contribution in [3.63, 3.8) is 0 Å². The number of hydrogen-bond acceptors (Lipinski definition) is 4. The maximum Gasteiger partial charge on any atom is 0.266 e. The van der Waals surface area contributed by atoms with Gasteiger partial charge in [-0.1, -0.05) is 34.1 Å². The Morgan fingerprint density at radius 3 is 2.54 bits per heavy atom. The predicted octanol–water partition coefficient (Wildman–Crippen LogP) is 6.10. The van der Waals surface area contributed by atoms with Crippen LogP contribution in [-0.4, -0.2) is 29.1 Å². The molecule has 2 aromatic rings. The van der Waals surface area contributed by atoms with Gasteiger partial charge in [-0.25, -0.2) is 0 Å². The number of likely N-dealkylation sites (N-methyl/N-ethyl adjacent to an activating group) is 1. The smallest absolute Gasteiger partial charge is 0.266 e. The van der Waals surface area contributed by atoms with E-state index in [-0.39, 0.29) is 5.91 Å². The van der Waals surface area contributed by atoms with Crippen LogP contribution >= 0.6 is 43.6 Å². The number of carbonyl (C=O) groups is 1. The molecule has 0 N–H and O–H groups in total. The third-order valence-electron chi connectivity index (χ3n) is 4.06. The lowest BCUT2D eigenvalue weighted by Crippen LogP contribution is -2.28. The SMILES string of the molecule is CCN=C1S/C(=C\c2ccc(OCc3ccc(Br)cc3)c(Br)c2)C(=O)N1CC. The van der Waals surface area contributed by atoms with Gasteiger partial charge in [0.2, 0.25) is 0 Å². The zero-order valence-corrected chi connectivity index (χ0v) is 19.6. The molecule has 1 aliphatic rings. The molecule has 2 aromatic carbocycles. The van der Waals surface area contributed by atoms with Gasteiger partial charge in [0.15, 0.2) is 5.17 Å². The molecule has 3 rings (SSSR count). The molecule has 0 spiro atoms. The highest BCUT2D eigenvalue weighted by Gasteiger charge is 2.31. The van der Waals surface area contributed by atoms with E-state index in [0.29, 0.717) is 24.6 Å². The molecule has 0 bridgehead atoms. The van der Waals surface area contributed by atoms with Gasteiger partial charge in [0.1, 0.15) is 12.4 Å². The number of thioether (sulfide) groups is 1. The molecular weight excluding hydrogens is 504 g/mol. The van der Waals surface area contributed by atoms with E-state index < -0.39 is 0 Å². The largest absolute Gasteiger partial charge is 0.488 e. The summed E-state index contributed by atoms with van der Waals surface area (Å²) in [7, 11) is 0. The van der Waals surface area contributed by atoms with Crippen molar-refractivity contribution < 1.29 is 9.53 Å². The van der Waals surface area contributed by atoms with Gasteiger partial charge >= 0.3 is 0 Å². The Bertz CT molecular complexity index is 927. The molecule has 146 valence electrons. The first kappa shape index (κ1) is 21.1. The molecule has 0 aliphatic carbocycles. The molecule has 4 nitrogen and oxygen atoms in total. The van der Waals surface area contributed by atoms with E-state index in [1.807, 2.05) is 62.4 Å². The Morgan fingerprint density at radius 1 is 1.14 bits per heavy atom. The van der Waals surface area contributed by atoms with Crippen LogP contribution in [0.4, 0.5) is 0 Å². The summed E-state index contributed by atoms with van der Waals surface area (Å²) < 4.78 is 7.81. The van der Waals surface area contributed by atoms with Crippen LogP contribution in [0.15, 0.2) is 61.3 Å². The summed E-state index contributed by atoms with van der Waals surface area (Å²) >= 11 is 8.43. The van der Waals surface area contributed by atoms with Crippen LogP contribution in [0.3, 0.4) is 0 Å². The molecule has 0 saturated carbocycles. The number of rotatable bonds is 6. The normalized spacial score (nSPS) is 17.0. The highest BCUT2D eigenvalue weighted by atomic mass is 79.9. The third-order valence-corrected chi connectivity index (χ3v) is 6.25. The van der Waals surface area contributed by atoms with Crippen LogP contribution in [0.5, 0.6) is 5.75 Å². The molecule has 1 aliphatic heterocycles. The van der Waals surface area contributed by atoms with Crippen molar-refractivity contribution in [2.24, 2.45) is 4.99 Å². The van der Waals surface area contributed by atoms with Crippen LogP contribution in [-0.2, 0) is 11.4 Å². The molecule has 1 saturated heterocycles. The van der Waals surface area contributed by atoms with E-state index in [4.69, 9.17) is 4.74 Å². The second kappa shape index (κ2) is 9.76. The van der Waals surface area contributed by atoms with Crippen LogP contribution in [0.2, 0.25) is 0 Å². The van der Waals surface area contributed by atoms with Gasteiger partial charge in [0.25, 0.3) is 5.91 Å². The molecule has 28 heavy (non-hydrogen) atoms. The Morgan fingerprint density at radius 2 is 1.89 bits per heavy atom. The molecule has 0 atom stereocenters. The lowest BCUT2D eigenvalue weighted by Gasteiger charge is -2.11. The minimum Gasteiger partial charge on any atom is -0.488 e. The maximum absolute atomic E-state index is 12.6. The number of carbonyl (C=O) groups excluding carboxylic acids is 1. The van der Waals surface area contributed by atoms with Crippen LogP contribution < -0.4 is 4.74 Å². The zero-order chi connectivity index (χ0) is 20.1. The van der Waals surface area contributed by atoms with Gasteiger partial charge in [-0.3, -0.25) is 14.7 Å². The summed E-state index contributed by atoms with van der Waals surface area (Å²) in [6.45, 7) is 5.70. The summed E-state index contributed by atoms with van der Waals surface area (Å²) in [5.41, 5.74) is 2.03. The lowest BCUT2D eigenvalue weighted by atomic mass is 10.2. The summed E-state index contributed by atoms with van der Waals surface area (Å²) in [4.78, 5) is 19.4. The van der Waals surface area contributed by atoms with Crippen LogP contribution in [0.25, 0.3) is 6.08 Å². The first-order valence-electron chi connectivity index (χ1n) is 8.94. The number of aliphatic imine (C=N–C) groups is 1. The van der Waals surface area contributed by atoms with Gasteiger partial charge in [-0.05, 0) is 83.0 Å². The molecule has 0 radical (unpaired) electrons. The number of benzene rings is 2. The lowest BCUT2D eigenvalue weighted by molar-refractivity contribution is -0.122. The molecular formula is C21H20Br2N2O2S. The highest BCUT2D eigenvalue weighted by Crippen LogP contribution is 2.34. The second-order valence-electron chi connectivity index (χ2n) is 6.02. The van der Waals surface area contributed by atoms with Crippen molar-refractivity contribution in [1.82, 2.24) is 4.90 Å². The van der Waals surface area contributed by atoms with Gasteiger partial charge in [0.05, 0.1) is 9.38 Å². The van der Waals surface area contributed by atoms with Crippen LogP contribution in [0.1, 0.15) is 25.0 Å². The number of halogens is 2. The molecule has 1 fully saturated rings. The number of nitrogens with zero attached hydrogens (tertiary/aromatic N) is 2. The molecule has 0 aromatic heterocycles. The van der Waals surface area contributed by atoms with E-state index in [2.05, 4.69) is 36.9 Å². The van der Waals surface area contributed by atoms with Gasteiger partial charge < -0.3 is 4.74 Å². The van der Waals surface area contributed by atoms with Gasteiger partial charge in [-0.2, -0.15) is 0 Å². The Labute approximate surface area is 186 Å². The monoisotopic (exact) mass is 522 g/mol. The first-order chi connectivity index (χ1) is 13.5. The Kier molecular flexibility index (Phi) is 7.37. The van der Waals surface area contributed by atoms with Crippen molar-refractivity contribution in [3.05, 3.63) is 67.4 Å². The fourth-order valence-electron chi connectivity index (χ4n) is 2.66. The maximum atomic E-state index is 12.6. The molecule has 1 amide bonds. The standard InChI is InChI=1S/C21H20Br2N2O2S/c1-3-24-21-25(4-2)20(26)19(28-21)12-15-7-10-18(17(23)11-15)27-13-14-5-8-16(22)9-6-14/h5-12H,3-4,13H2,1-2H3/b19-12-,24-21?. The average molecular weight is 524 g/mol. The number of hydrogen-bond donors (Lipinski definition) is 0. The van der Waals surface area contributed by atoms with E-state index in [1.54, 1.807) is 4.90 Å². The Hall–Kier alpha value is -1.57. The van der Waals surface area contributed by atoms with E-state index >= 15 is 0 Å². The van der Waals surface area contributed by atoms with Crippen molar-refractivity contribution in [2.75, 3.05) is 13.1 Å². The van der Waals surface area contributed by atoms with Crippen molar-refractivity contribution in [2.45, 2.75) is 20.5 Å². The fraction of sp³-hybridized carbons (Fsp3) is 0.238. The third kappa shape index (κ3) is 5.07.